The van der Waals surface area contributed by atoms with Gasteiger partial charge in [0.15, 0.2) is 0 Å². The van der Waals surface area contributed by atoms with E-state index in [-0.39, 0.29) is 17.4 Å². The minimum atomic E-state index is -4.88. The van der Waals surface area contributed by atoms with Crippen LogP contribution in [0.2, 0.25) is 0 Å². The smallest absolute Gasteiger partial charge is 0.416 e. The molecule has 214 valence electrons. The molecule has 4 rings (SSSR count). The highest BCUT2D eigenvalue weighted by molar-refractivity contribution is 5.65. The lowest BCUT2D eigenvalue weighted by molar-refractivity contribution is -0.138. The maximum Gasteiger partial charge on any atom is 0.416 e. The van der Waals surface area contributed by atoms with Gasteiger partial charge in [-0.3, -0.25) is 13.9 Å². The third-order valence-electron chi connectivity index (χ3n) is 6.95. The van der Waals surface area contributed by atoms with E-state index < -0.39 is 59.6 Å². The zero-order valence-corrected chi connectivity index (χ0v) is 21.8. The molecule has 1 aromatic heterocycles. The van der Waals surface area contributed by atoms with Gasteiger partial charge in [0.05, 0.1) is 24.7 Å². The standard InChI is InChI=1S/C27H29F4N5O4/c1-16-13-34(12-11-32-16)23-17(2)35(14-19-20(27(29,30)31)9-6-10-21(19)28)26(40)36(24(23)37)15-22(33-25(38)39)18-7-4-3-5-8-18/h3-10,16,22,32-33H,11-15H2,1-2H3,(H,38,39)/t16-,22-/m0/s1. The summed E-state index contributed by atoms with van der Waals surface area (Å²) in [5.74, 6) is -1.15. The number of amides is 1. The summed E-state index contributed by atoms with van der Waals surface area (Å²) in [6.07, 6.45) is -6.28. The van der Waals surface area contributed by atoms with Crippen LogP contribution in [0.5, 0.6) is 0 Å². The average Bonchev–Trinajstić information content (AvgIpc) is 2.89. The molecule has 1 amide bonds. The molecule has 0 bridgehead atoms. The van der Waals surface area contributed by atoms with Gasteiger partial charge >= 0.3 is 18.0 Å². The molecule has 1 aliphatic heterocycles. The first-order valence-corrected chi connectivity index (χ1v) is 12.6. The molecule has 0 unspecified atom stereocenters. The van der Waals surface area contributed by atoms with Gasteiger partial charge in [-0.25, -0.2) is 14.0 Å². The number of nitrogens with one attached hydrogen (secondary N) is 2. The normalized spacial score (nSPS) is 16.6. The summed E-state index contributed by atoms with van der Waals surface area (Å²) < 4.78 is 57.9. The number of anilines is 1. The van der Waals surface area contributed by atoms with E-state index in [2.05, 4.69) is 10.6 Å². The van der Waals surface area contributed by atoms with Crippen LogP contribution < -0.4 is 26.8 Å². The number of hydrogen-bond acceptors (Lipinski definition) is 5. The van der Waals surface area contributed by atoms with E-state index >= 15 is 0 Å². The molecule has 0 saturated carbocycles. The second-order valence-corrected chi connectivity index (χ2v) is 9.70. The van der Waals surface area contributed by atoms with Gasteiger partial charge in [0.25, 0.3) is 5.56 Å². The second kappa shape index (κ2) is 11.5. The first-order chi connectivity index (χ1) is 18.9. The number of halogens is 4. The Morgan fingerprint density at radius 3 is 2.45 bits per heavy atom. The lowest BCUT2D eigenvalue weighted by Crippen LogP contribution is -2.53. The van der Waals surface area contributed by atoms with Crippen molar-refractivity contribution in [1.82, 2.24) is 19.8 Å². The maximum absolute atomic E-state index is 14.8. The van der Waals surface area contributed by atoms with Gasteiger partial charge in [0.1, 0.15) is 11.5 Å². The molecule has 1 aliphatic rings. The fourth-order valence-electron chi connectivity index (χ4n) is 5.03. The molecule has 2 heterocycles. The number of nitrogens with zero attached hydrogens (tertiary/aromatic N) is 3. The van der Waals surface area contributed by atoms with Crippen LogP contribution in [-0.4, -0.2) is 46.0 Å². The molecule has 0 radical (unpaired) electrons. The lowest BCUT2D eigenvalue weighted by Gasteiger charge is -2.35. The van der Waals surface area contributed by atoms with Gasteiger partial charge in [-0.1, -0.05) is 36.4 Å². The van der Waals surface area contributed by atoms with Crippen LogP contribution >= 0.6 is 0 Å². The summed E-state index contributed by atoms with van der Waals surface area (Å²) in [4.78, 5) is 40.9. The summed E-state index contributed by atoms with van der Waals surface area (Å²) in [5, 5.41) is 15.0. The first kappa shape index (κ1) is 28.9. The van der Waals surface area contributed by atoms with Crippen molar-refractivity contribution in [3.05, 3.63) is 97.6 Å². The van der Waals surface area contributed by atoms with Crippen molar-refractivity contribution in [2.45, 2.75) is 45.2 Å². The van der Waals surface area contributed by atoms with Gasteiger partial charge in [0, 0.05) is 36.9 Å². The molecule has 1 saturated heterocycles. The maximum atomic E-state index is 14.8. The Morgan fingerprint density at radius 1 is 1.12 bits per heavy atom. The minimum Gasteiger partial charge on any atom is -0.465 e. The fraction of sp³-hybridized carbons (Fsp3) is 0.370. The van der Waals surface area contributed by atoms with E-state index in [1.54, 1.807) is 35.2 Å². The number of benzene rings is 2. The molecule has 1 fully saturated rings. The van der Waals surface area contributed by atoms with Crippen LogP contribution in [0, 0.1) is 12.7 Å². The number of hydrogen-bond donors (Lipinski definition) is 3. The van der Waals surface area contributed by atoms with Gasteiger partial charge < -0.3 is 20.6 Å². The SMILES string of the molecule is Cc1c(N2CCN[C@@H](C)C2)c(=O)n(C[C@H](NC(=O)O)c2ccccc2)c(=O)n1Cc1c(F)cccc1C(F)(F)F. The van der Waals surface area contributed by atoms with Crippen molar-refractivity contribution in [1.29, 1.82) is 0 Å². The third kappa shape index (κ3) is 6.03. The zero-order chi connectivity index (χ0) is 29.2. The second-order valence-electron chi connectivity index (χ2n) is 9.70. The van der Waals surface area contributed by atoms with E-state index in [1.807, 2.05) is 6.92 Å². The van der Waals surface area contributed by atoms with E-state index in [1.165, 1.54) is 6.92 Å². The minimum absolute atomic E-state index is 0.0319. The Hall–Kier alpha value is -4.13. The number of carboxylic acid groups (broad SMARTS) is 1. The Kier molecular flexibility index (Phi) is 8.33. The van der Waals surface area contributed by atoms with Gasteiger partial charge in [-0.05, 0) is 31.5 Å². The highest BCUT2D eigenvalue weighted by atomic mass is 19.4. The number of piperazine rings is 1. The summed E-state index contributed by atoms with van der Waals surface area (Å²) in [7, 11) is 0. The Balaban J connectivity index is 1.93. The van der Waals surface area contributed by atoms with Crippen LogP contribution in [0.4, 0.5) is 28.0 Å². The summed E-state index contributed by atoms with van der Waals surface area (Å²) in [5.41, 5.74) is -3.05. The van der Waals surface area contributed by atoms with Crippen LogP contribution in [-0.2, 0) is 19.3 Å². The molecule has 0 spiro atoms. The van der Waals surface area contributed by atoms with E-state index in [4.69, 9.17) is 0 Å². The highest BCUT2D eigenvalue weighted by Gasteiger charge is 2.35. The number of aromatic nitrogens is 2. The third-order valence-corrected chi connectivity index (χ3v) is 6.95. The van der Waals surface area contributed by atoms with Gasteiger partial charge in [-0.2, -0.15) is 13.2 Å². The quantitative estimate of drug-likeness (QED) is 0.381. The van der Waals surface area contributed by atoms with E-state index in [9.17, 15) is 37.1 Å². The molecule has 2 aromatic carbocycles. The van der Waals surface area contributed by atoms with Crippen molar-refractivity contribution in [3.8, 4) is 0 Å². The molecule has 3 aromatic rings. The van der Waals surface area contributed by atoms with Crippen molar-refractivity contribution in [2.24, 2.45) is 0 Å². The fourth-order valence-corrected chi connectivity index (χ4v) is 5.03. The number of rotatable bonds is 7. The Morgan fingerprint density at radius 2 is 1.82 bits per heavy atom. The summed E-state index contributed by atoms with van der Waals surface area (Å²) in [6.45, 7) is 3.37. The van der Waals surface area contributed by atoms with Crippen LogP contribution in [0.1, 0.15) is 35.3 Å². The highest BCUT2D eigenvalue weighted by Crippen LogP contribution is 2.33. The largest absolute Gasteiger partial charge is 0.465 e. The number of carbonyl (C=O) groups is 1. The van der Waals surface area contributed by atoms with Crippen molar-refractivity contribution < 1.29 is 27.5 Å². The van der Waals surface area contributed by atoms with Crippen LogP contribution in [0.3, 0.4) is 0 Å². The van der Waals surface area contributed by atoms with Gasteiger partial charge in [0.2, 0.25) is 0 Å². The number of alkyl halides is 3. The predicted octanol–water partition coefficient (Wildman–Crippen LogP) is 3.33. The monoisotopic (exact) mass is 563 g/mol. The van der Waals surface area contributed by atoms with Crippen molar-refractivity contribution in [3.63, 3.8) is 0 Å². The van der Waals surface area contributed by atoms with Crippen molar-refractivity contribution in [2.75, 3.05) is 24.5 Å². The molecule has 13 heteroatoms. The average molecular weight is 564 g/mol. The summed E-state index contributed by atoms with van der Waals surface area (Å²) >= 11 is 0. The Bertz CT molecular complexity index is 1500. The van der Waals surface area contributed by atoms with E-state index in [0.717, 1.165) is 27.3 Å². The van der Waals surface area contributed by atoms with Crippen LogP contribution in [0.15, 0.2) is 58.1 Å². The molecule has 9 nitrogen and oxygen atoms in total. The van der Waals surface area contributed by atoms with Crippen LogP contribution in [0.25, 0.3) is 0 Å². The Labute approximate surface area is 226 Å². The zero-order valence-electron chi connectivity index (χ0n) is 21.8. The molecule has 2 atom stereocenters. The molecule has 0 aliphatic carbocycles. The lowest BCUT2D eigenvalue weighted by atomic mass is 10.1. The van der Waals surface area contributed by atoms with Gasteiger partial charge in [-0.15, -0.1) is 0 Å². The predicted molar refractivity (Wildman–Crippen MR) is 140 cm³/mol. The first-order valence-electron chi connectivity index (χ1n) is 12.6. The topological polar surface area (TPSA) is 109 Å². The molecular weight excluding hydrogens is 534 g/mol. The molecule has 40 heavy (non-hydrogen) atoms. The van der Waals surface area contributed by atoms with Crippen molar-refractivity contribution >= 4 is 11.8 Å². The summed E-state index contributed by atoms with van der Waals surface area (Å²) in [6, 6.07) is 9.75. The molecule has 3 N–H and O–H groups in total. The molecular formula is C27H29F4N5O4. The van der Waals surface area contributed by atoms with E-state index in [0.29, 0.717) is 25.2 Å².